The van der Waals surface area contributed by atoms with Crippen molar-refractivity contribution in [2.45, 2.75) is 30.7 Å². The molecule has 1 aromatic rings. The van der Waals surface area contributed by atoms with E-state index in [2.05, 4.69) is 13.1 Å². The summed E-state index contributed by atoms with van der Waals surface area (Å²) in [4.78, 5) is 51.6. The molecule has 2 rings (SSSR count). The van der Waals surface area contributed by atoms with Gasteiger partial charge in [0.1, 0.15) is 18.3 Å². The molecular formula is C10H15FN2O14P3+. The molecule has 6 N–H and O–H groups in total. The van der Waals surface area contributed by atoms with Crippen LogP contribution in [0, 0.1) is 0 Å². The Hall–Kier alpha value is -1.19. The molecule has 3 unspecified atom stereocenters. The van der Waals surface area contributed by atoms with Crippen LogP contribution in [0.3, 0.4) is 0 Å². The van der Waals surface area contributed by atoms with E-state index in [-0.39, 0.29) is 0 Å². The van der Waals surface area contributed by atoms with Gasteiger partial charge in [0, 0.05) is 16.8 Å². The molecule has 1 aromatic heterocycles. The molecule has 0 aliphatic carbocycles. The lowest BCUT2D eigenvalue weighted by Gasteiger charge is -2.27. The van der Waals surface area contributed by atoms with E-state index >= 15 is 4.39 Å². The smallest absolute Gasteiger partial charge is 0.384 e. The number of ether oxygens (including phenoxy) is 1. The van der Waals surface area contributed by atoms with Crippen LogP contribution in [0.15, 0.2) is 21.9 Å². The van der Waals surface area contributed by atoms with Crippen LogP contribution in [0.2, 0.25) is 0 Å². The zero-order valence-corrected chi connectivity index (χ0v) is 17.3. The van der Waals surface area contributed by atoms with Gasteiger partial charge in [0.15, 0.2) is 6.23 Å². The van der Waals surface area contributed by atoms with E-state index in [9.17, 15) is 38.4 Å². The molecule has 1 fully saturated rings. The molecule has 0 radical (unpaired) electrons. The number of aliphatic hydroxyl groups excluding tert-OH is 1. The molecule has 7 atom stereocenters. The van der Waals surface area contributed by atoms with Crippen LogP contribution < -0.4 is 11.2 Å². The lowest BCUT2D eigenvalue weighted by Crippen LogP contribution is -2.50. The third-order valence-corrected chi connectivity index (χ3v) is 7.17. The fourth-order valence-corrected chi connectivity index (χ4v) is 5.10. The van der Waals surface area contributed by atoms with Crippen LogP contribution >= 0.6 is 23.9 Å². The van der Waals surface area contributed by atoms with Crippen LogP contribution in [-0.4, -0.2) is 58.6 Å². The largest absolute Gasteiger partial charge is 0.705 e. The minimum absolute atomic E-state index is 0.508. The van der Waals surface area contributed by atoms with Crippen molar-refractivity contribution in [3.8, 4) is 0 Å². The second-order valence-electron chi connectivity index (χ2n) is 6.01. The summed E-state index contributed by atoms with van der Waals surface area (Å²) < 4.78 is 64.9. The predicted molar refractivity (Wildman–Crippen MR) is 89.5 cm³/mol. The molecule has 20 heteroatoms. The molecule has 16 nitrogen and oxygen atoms in total. The van der Waals surface area contributed by atoms with Crippen molar-refractivity contribution in [3.05, 3.63) is 33.1 Å². The van der Waals surface area contributed by atoms with E-state index in [1.165, 1.54) is 0 Å². The molecule has 0 spiro atoms. The number of alkyl halides is 1. The number of aromatic nitrogens is 2. The molecule has 0 saturated carbocycles. The summed E-state index contributed by atoms with van der Waals surface area (Å²) in [6, 6.07) is 0.822. The quantitative estimate of drug-likeness (QED) is 0.229. The average Bonchev–Trinajstić information content (AvgIpc) is 2.72. The molecule has 1 aliphatic heterocycles. The number of hydrogen-bond acceptors (Lipinski definition) is 11. The summed E-state index contributed by atoms with van der Waals surface area (Å²) in [7, 11) is -15.0. The Morgan fingerprint density at radius 3 is 2.50 bits per heavy atom. The van der Waals surface area contributed by atoms with Crippen LogP contribution in [0.5, 0.6) is 0 Å². The number of nitrogens with one attached hydrogen (secondary N) is 1. The Morgan fingerprint density at radius 2 is 1.97 bits per heavy atom. The Balaban J connectivity index is 2.22. The molecule has 170 valence electrons. The standard InChI is InChI=1S/C10H14FN2O14P3/c1-9(17)6(15)10(11,25-7(9)13-3-2-5(14)12-8(13)16)4-24-29(20,21)27-30(22,23)26-28(18)19/h2-3,6-7,15,17H,4H2,1H3,(H3-,12,14,16,18,19,20,21,22,23)/p+1/t6-,7+,9+,10+/m0/s1. The second-order valence-corrected chi connectivity index (χ2v) is 9.93. The van der Waals surface area contributed by atoms with Gasteiger partial charge in [-0.1, -0.05) is 0 Å². The van der Waals surface area contributed by atoms with Crippen molar-refractivity contribution in [2.75, 3.05) is 6.61 Å². The van der Waals surface area contributed by atoms with Crippen molar-refractivity contribution in [2.24, 2.45) is 0 Å². The van der Waals surface area contributed by atoms with Gasteiger partial charge >= 0.3 is 29.6 Å². The molecule has 0 aromatic carbocycles. The van der Waals surface area contributed by atoms with Crippen LogP contribution in [0.25, 0.3) is 0 Å². The maximum absolute atomic E-state index is 15.0. The van der Waals surface area contributed by atoms with Gasteiger partial charge in [0.25, 0.3) is 11.4 Å². The van der Waals surface area contributed by atoms with Crippen molar-refractivity contribution in [3.63, 3.8) is 0 Å². The Labute approximate surface area is 165 Å². The highest BCUT2D eigenvalue weighted by molar-refractivity contribution is 7.64. The molecular weight excluding hydrogens is 484 g/mol. The van der Waals surface area contributed by atoms with Crippen molar-refractivity contribution < 1.29 is 60.9 Å². The average molecular weight is 499 g/mol. The minimum Gasteiger partial charge on any atom is -0.384 e. The van der Waals surface area contributed by atoms with Gasteiger partial charge < -0.3 is 19.8 Å². The number of aliphatic hydroxyl groups is 2. The third kappa shape index (κ3) is 5.53. The van der Waals surface area contributed by atoms with E-state index in [1.807, 2.05) is 0 Å². The first-order valence-corrected chi connectivity index (χ1v) is 11.6. The predicted octanol–water partition coefficient (Wildman–Crippen LogP) is -1.26. The minimum atomic E-state index is -5.65. The van der Waals surface area contributed by atoms with Gasteiger partial charge in [0.2, 0.25) is 0 Å². The van der Waals surface area contributed by atoms with Crippen molar-refractivity contribution in [1.82, 2.24) is 9.55 Å². The number of hydrogen-bond donors (Lipinski definition) is 6. The van der Waals surface area contributed by atoms with Gasteiger partial charge in [-0.05, 0) is 11.2 Å². The number of phosphoric ester groups is 1. The first kappa shape index (κ1) is 25.1. The van der Waals surface area contributed by atoms with Gasteiger partial charge in [-0.25, -0.2) is 18.3 Å². The third-order valence-electron chi connectivity index (χ3n) is 3.68. The highest BCUT2D eigenvalue weighted by Crippen LogP contribution is 2.63. The van der Waals surface area contributed by atoms with E-state index in [0.29, 0.717) is 4.57 Å². The Bertz CT molecular complexity index is 1040. The van der Waals surface area contributed by atoms with E-state index in [1.54, 1.807) is 4.98 Å². The summed E-state index contributed by atoms with van der Waals surface area (Å²) in [5, 5.41) is 20.4. The fourth-order valence-electron chi connectivity index (χ4n) is 2.43. The van der Waals surface area contributed by atoms with Crippen LogP contribution in [0.1, 0.15) is 13.2 Å². The summed E-state index contributed by atoms with van der Waals surface area (Å²) in [5.74, 6) is -3.48. The molecule has 1 aliphatic rings. The van der Waals surface area contributed by atoms with Crippen molar-refractivity contribution >= 4 is 23.9 Å². The molecule has 1 saturated heterocycles. The normalized spacial score (nSPS) is 33.6. The van der Waals surface area contributed by atoms with Gasteiger partial charge in [-0.2, -0.15) is 4.31 Å². The lowest BCUT2D eigenvalue weighted by atomic mass is 9.95. The number of rotatable bonds is 8. The Morgan fingerprint density at radius 1 is 1.37 bits per heavy atom. The number of nitrogens with zero attached hydrogens (tertiary/aromatic N) is 1. The second kappa shape index (κ2) is 8.39. The number of phosphoric acid groups is 2. The molecule has 30 heavy (non-hydrogen) atoms. The SMILES string of the molecule is C[C@]1(O)[C@H](n2ccc(=O)[nH]c2=O)O[C@](F)(COP(=O)(O)OP(=O)(O)O[P+](=O)O)[C@H]1O. The van der Waals surface area contributed by atoms with E-state index in [0.717, 1.165) is 19.2 Å². The summed E-state index contributed by atoms with van der Waals surface area (Å²) >= 11 is 0. The summed E-state index contributed by atoms with van der Waals surface area (Å²) in [5.41, 5.74) is -4.54. The van der Waals surface area contributed by atoms with Crippen LogP contribution in [0.4, 0.5) is 4.39 Å². The summed E-state index contributed by atoms with van der Waals surface area (Å²) in [6.07, 6.45) is -3.66. The zero-order valence-electron chi connectivity index (χ0n) is 14.6. The maximum atomic E-state index is 15.0. The number of H-pyrrole nitrogens is 1. The maximum Gasteiger partial charge on any atom is 0.705 e. The first-order chi connectivity index (χ1) is 13.5. The Kier molecular flexibility index (Phi) is 7.01. The van der Waals surface area contributed by atoms with Gasteiger partial charge in [-0.3, -0.25) is 23.8 Å². The summed E-state index contributed by atoms with van der Waals surface area (Å²) in [6.45, 7) is -0.859. The fraction of sp³-hybridized carbons (Fsp3) is 0.600. The van der Waals surface area contributed by atoms with E-state index in [4.69, 9.17) is 14.5 Å². The highest BCUT2D eigenvalue weighted by Gasteiger charge is 2.64. The van der Waals surface area contributed by atoms with Crippen LogP contribution in [-0.2, 0) is 31.6 Å². The highest BCUT2D eigenvalue weighted by atomic mass is 31.3. The topological polar surface area (TPSA) is 244 Å². The monoisotopic (exact) mass is 499 g/mol. The van der Waals surface area contributed by atoms with Gasteiger partial charge in [-0.15, -0.1) is 4.89 Å². The molecule has 0 amide bonds. The van der Waals surface area contributed by atoms with Gasteiger partial charge in [0.05, 0.1) is 0 Å². The number of aromatic amines is 1. The van der Waals surface area contributed by atoms with E-state index < -0.39 is 65.5 Å². The zero-order chi connectivity index (χ0) is 23.1. The first-order valence-electron chi connectivity index (χ1n) is 7.45. The van der Waals surface area contributed by atoms with Crippen molar-refractivity contribution in [1.29, 1.82) is 0 Å². The molecule has 0 bridgehead atoms. The number of halogens is 1. The molecule has 2 heterocycles. The lowest BCUT2D eigenvalue weighted by molar-refractivity contribution is -0.204.